The van der Waals surface area contributed by atoms with Crippen molar-refractivity contribution in [2.24, 2.45) is 0 Å². The maximum absolute atomic E-state index is 9.06. The molecule has 0 saturated carbocycles. The molecule has 2 heterocycles. The molecule has 0 saturated heterocycles. The molecule has 60 valence electrons. The summed E-state index contributed by atoms with van der Waals surface area (Å²) in [6.45, 7) is 0. The Morgan fingerprint density at radius 3 is 2.92 bits per heavy atom. The lowest BCUT2D eigenvalue weighted by Crippen LogP contribution is -1.90. The fourth-order valence-corrected chi connectivity index (χ4v) is 1.03. The summed E-state index contributed by atoms with van der Waals surface area (Å²) in [4.78, 5) is 7.87. The first-order chi connectivity index (χ1) is 5.77. The molecule has 0 radical (unpaired) electrons. The lowest BCUT2D eigenvalue weighted by molar-refractivity contribution is 0.456. The molecular formula is C8H7N3O. The summed E-state index contributed by atoms with van der Waals surface area (Å²) in [7, 11) is 0. The van der Waals surface area contributed by atoms with Crippen LogP contribution >= 0.6 is 0 Å². The molecule has 4 heteroatoms. The van der Waals surface area contributed by atoms with Crippen molar-refractivity contribution in [2.45, 2.75) is 0 Å². The molecule has 0 spiro atoms. The Hall–Kier alpha value is -1.84. The van der Waals surface area contributed by atoms with Crippen LogP contribution in [0.4, 0.5) is 5.69 Å². The third-order valence-electron chi connectivity index (χ3n) is 1.60. The van der Waals surface area contributed by atoms with Crippen molar-refractivity contribution in [3.63, 3.8) is 0 Å². The molecule has 0 atom stereocenters. The van der Waals surface area contributed by atoms with Crippen LogP contribution in [0.1, 0.15) is 0 Å². The maximum Gasteiger partial charge on any atom is 0.211 e. The number of aromatic nitrogens is 2. The maximum atomic E-state index is 9.06. The van der Waals surface area contributed by atoms with Gasteiger partial charge in [-0.15, -0.1) is 0 Å². The van der Waals surface area contributed by atoms with E-state index in [2.05, 4.69) is 9.97 Å². The monoisotopic (exact) mass is 161 g/mol. The highest BCUT2D eigenvalue weighted by atomic mass is 16.3. The Morgan fingerprint density at radius 2 is 2.08 bits per heavy atom. The van der Waals surface area contributed by atoms with Crippen molar-refractivity contribution in [3.8, 4) is 5.88 Å². The average Bonchev–Trinajstić information content (AvgIpc) is 2.07. The van der Waals surface area contributed by atoms with Crippen molar-refractivity contribution in [3.05, 3.63) is 24.4 Å². The molecule has 0 unspecified atom stereocenters. The minimum Gasteiger partial charge on any atom is -0.493 e. The lowest BCUT2D eigenvalue weighted by Gasteiger charge is -1.99. The second-order valence-corrected chi connectivity index (χ2v) is 2.44. The van der Waals surface area contributed by atoms with E-state index in [0.717, 1.165) is 0 Å². The van der Waals surface area contributed by atoms with E-state index < -0.39 is 0 Å². The quantitative estimate of drug-likeness (QED) is 0.602. The summed E-state index contributed by atoms with van der Waals surface area (Å²) in [5.74, 6) is -0.0396. The van der Waals surface area contributed by atoms with Gasteiger partial charge in [0.05, 0.1) is 11.2 Å². The van der Waals surface area contributed by atoms with Crippen LogP contribution in [0.15, 0.2) is 24.4 Å². The normalized spacial score (nSPS) is 10.3. The largest absolute Gasteiger partial charge is 0.493 e. The number of anilines is 1. The Morgan fingerprint density at radius 1 is 1.25 bits per heavy atom. The van der Waals surface area contributed by atoms with E-state index >= 15 is 0 Å². The SMILES string of the molecule is Nc1ccnc2ccc(O)nc12. The fourth-order valence-electron chi connectivity index (χ4n) is 1.03. The van der Waals surface area contributed by atoms with E-state index in [9.17, 15) is 0 Å². The second-order valence-electron chi connectivity index (χ2n) is 2.44. The van der Waals surface area contributed by atoms with Gasteiger partial charge in [0, 0.05) is 12.3 Å². The lowest BCUT2D eigenvalue weighted by atomic mass is 10.3. The molecule has 0 aliphatic rings. The highest BCUT2D eigenvalue weighted by Gasteiger charge is 2.00. The van der Waals surface area contributed by atoms with Crippen LogP contribution in [0.2, 0.25) is 0 Å². The molecule has 12 heavy (non-hydrogen) atoms. The predicted molar refractivity (Wildman–Crippen MR) is 45.6 cm³/mol. The Labute approximate surface area is 68.7 Å². The minimum atomic E-state index is -0.0396. The summed E-state index contributed by atoms with van der Waals surface area (Å²) >= 11 is 0. The molecular weight excluding hydrogens is 154 g/mol. The molecule has 0 bridgehead atoms. The van der Waals surface area contributed by atoms with Crippen LogP contribution in [0, 0.1) is 0 Å². The van der Waals surface area contributed by atoms with E-state index in [1.165, 1.54) is 6.07 Å². The van der Waals surface area contributed by atoms with E-state index in [0.29, 0.717) is 16.7 Å². The highest BCUT2D eigenvalue weighted by Crippen LogP contribution is 2.18. The molecule has 0 aliphatic carbocycles. The second kappa shape index (κ2) is 2.34. The van der Waals surface area contributed by atoms with Gasteiger partial charge in [-0.1, -0.05) is 0 Å². The number of nitrogens with two attached hydrogens (primary N) is 1. The topological polar surface area (TPSA) is 72.0 Å². The molecule has 0 amide bonds. The van der Waals surface area contributed by atoms with Gasteiger partial charge in [-0.3, -0.25) is 4.98 Å². The van der Waals surface area contributed by atoms with Crippen LogP contribution in [0.5, 0.6) is 5.88 Å². The Kier molecular flexibility index (Phi) is 1.33. The number of nitrogens with zero attached hydrogens (tertiary/aromatic N) is 2. The number of pyridine rings is 2. The summed E-state index contributed by atoms with van der Waals surface area (Å²) in [5.41, 5.74) is 7.36. The average molecular weight is 161 g/mol. The molecule has 2 rings (SSSR count). The van der Waals surface area contributed by atoms with Crippen LogP contribution in [-0.2, 0) is 0 Å². The first-order valence-electron chi connectivity index (χ1n) is 3.47. The van der Waals surface area contributed by atoms with E-state index in [4.69, 9.17) is 10.8 Å². The van der Waals surface area contributed by atoms with Crippen molar-refractivity contribution in [1.29, 1.82) is 0 Å². The third-order valence-corrected chi connectivity index (χ3v) is 1.60. The molecule has 2 aromatic rings. The van der Waals surface area contributed by atoms with Crippen molar-refractivity contribution in [1.82, 2.24) is 9.97 Å². The molecule has 0 aliphatic heterocycles. The number of rotatable bonds is 0. The van der Waals surface area contributed by atoms with Gasteiger partial charge in [0.25, 0.3) is 0 Å². The first kappa shape index (κ1) is 6.84. The number of aromatic hydroxyl groups is 1. The van der Waals surface area contributed by atoms with Crippen LogP contribution in [0.3, 0.4) is 0 Å². The first-order valence-corrected chi connectivity index (χ1v) is 3.47. The number of hydrogen-bond acceptors (Lipinski definition) is 4. The molecule has 2 aromatic heterocycles. The summed E-state index contributed by atoms with van der Waals surface area (Å²) in [6, 6.07) is 4.80. The van der Waals surface area contributed by atoms with Crippen molar-refractivity contribution in [2.75, 3.05) is 5.73 Å². The standard InChI is InChI=1S/C8H7N3O/c9-5-3-4-10-6-1-2-7(12)11-8(5)6/h1-4H,(H2,9,10)(H,11,12). The van der Waals surface area contributed by atoms with E-state index in [1.807, 2.05) is 0 Å². The van der Waals surface area contributed by atoms with Crippen molar-refractivity contribution < 1.29 is 5.11 Å². The van der Waals surface area contributed by atoms with E-state index in [-0.39, 0.29) is 5.88 Å². The Bertz CT molecular complexity index is 428. The summed E-state index contributed by atoms with van der Waals surface area (Å²) < 4.78 is 0. The number of hydrogen-bond donors (Lipinski definition) is 2. The van der Waals surface area contributed by atoms with Crippen LogP contribution < -0.4 is 5.73 Å². The van der Waals surface area contributed by atoms with Crippen LogP contribution in [0.25, 0.3) is 11.0 Å². The van der Waals surface area contributed by atoms with Crippen LogP contribution in [-0.4, -0.2) is 15.1 Å². The Balaban J connectivity index is 2.88. The highest BCUT2D eigenvalue weighted by molar-refractivity contribution is 5.85. The summed E-state index contributed by atoms with van der Waals surface area (Å²) in [6.07, 6.45) is 1.61. The fraction of sp³-hybridized carbons (Fsp3) is 0. The van der Waals surface area contributed by atoms with Gasteiger partial charge in [-0.25, -0.2) is 4.98 Å². The predicted octanol–water partition coefficient (Wildman–Crippen LogP) is 0.918. The number of fused-ring (bicyclic) bond motifs is 1. The molecule has 0 aromatic carbocycles. The van der Waals surface area contributed by atoms with Gasteiger partial charge >= 0.3 is 0 Å². The minimum absolute atomic E-state index is 0.0396. The zero-order chi connectivity index (χ0) is 8.55. The summed E-state index contributed by atoms with van der Waals surface area (Å²) in [5, 5.41) is 9.06. The number of nitrogen functional groups attached to an aromatic ring is 1. The van der Waals surface area contributed by atoms with Gasteiger partial charge in [-0.2, -0.15) is 0 Å². The molecule has 3 N–H and O–H groups in total. The smallest absolute Gasteiger partial charge is 0.211 e. The zero-order valence-electron chi connectivity index (χ0n) is 6.23. The van der Waals surface area contributed by atoms with Gasteiger partial charge < -0.3 is 10.8 Å². The van der Waals surface area contributed by atoms with E-state index in [1.54, 1.807) is 18.3 Å². The van der Waals surface area contributed by atoms with Crippen molar-refractivity contribution >= 4 is 16.7 Å². The zero-order valence-corrected chi connectivity index (χ0v) is 6.23. The van der Waals surface area contributed by atoms with Gasteiger partial charge in [0.1, 0.15) is 5.52 Å². The molecule has 0 fully saturated rings. The third kappa shape index (κ3) is 0.934. The molecule has 4 nitrogen and oxygen atoms in total. The van der Waals surface area contributed by atoms with Gasteiger partial charge in [-0.05, 0) is 12.1 Å². The van der Waals surface area contributed by atoms with Gasteiger partial charge in [0.15, 0.2) is 0 Å². The van der Waals surface area contributed by atoms with Gasteiger partial charge in [0.2, 0.25) is 5.88 Å².